The number of rotatable bonds is 15. The van der Waals surface area contributed by atoms with Gasteiger partial charge in [-0.15, -0.1) is 0 Å². The third-order valence-corrected chi connectivity index (χ3v) is 3.95. The molecule has 0 aromatic heterocycles. The summed E-state index contributed by atoms with van der Waals surface area (Å²) in [5.41, 5.74) is 0.344. The quantitative estimate of drug-likeness (QED) is 0.159. The maximum atomic E-state index is 12.6. The molecule has 0 aliphatic heterocycles. The molecule has 0 aliphatic carbocycles. The predicted octanol–water partition coefficient (Wildman–Crippen LogP) is 4.53. The number of hydrogen-bond acceptors (Lipinski definition) is 4. The Labute approximate surface area is 192 Å². The van der Waals surface area contributed by atoms with E-state index in [0.717, 1.165) is 0 Å². The average Bonchev–Trinajstić information content (AvgIpc) is 2.72. The van der Waals surface area contributed by atoms with Crippen molar-refractivity contribution in [3.63, 3.8) is 0 Å². The van der Waals surface area contributed by atoms with Crippen LogP contribution < -0.4 is 10.6 Å². The second kappa shape index (κ2) is 17.0. The van der Waals surface area contributed by atoms with Crippen LogP contribution in [-0.4, -0.2) is 38.6 Å². The molecule has 9 heteroatoms. The van der Waals surface area contributed by atoms with Gasteiger partial charge in [-0.3, -0.25) is 9.59 Å². The number of carbonyl (C=O) groups is 2. The van der Waals surface area contributed by atoms with E-state index < -0.39 is 5.83 Å². The maximum Gasteiger partial charge on any atom is 0.257 e. The van der Waals surface area contributed by atoms with Crippen molar-refractivity contribution < 1.29 is 23.5 Å². The second-order valence-electron chi connectivity index (χ2n) is 5.88. The Hall–Kier alpha value is -2.77. The lowest BCUT2D eigenvalue weighted by Gasteiger charge is -2.08. The molecule has 0 aromatic carbocycles. The molecule has 0 bridgehead atoms. The van der Waals surface area contributed by atoms with Crippen LogP contribution in [0.3, 0.4) is 0 Å². The largest absolute Gasteiger partial charge is 0.495 e. The second-order valence-corrected chi connectivity index (χ2v) is 6.74. The number of ether oxygens (including phenoxy) is 2. The minimum Gasteiger partial charge on any atom is -0.495 e. The molecule has 0 aromatic rings. The van der Waals surface area contributed by atoms with Crippen LogP contribution in [0.4, 0.5) is 4.39 Å². The number of methoxy groups -OCH3 is 1. The fraction of sp³-hybridized carbons (Fsp3) is 0.273. The van der Waals surface area contributed by atoms with Gasteiger partial charge >= 0.3 is 0 Å². The van der Waals surface area contributed by atoms with Crippen molar-refractivity contribution in [2.24, 2.45) is 0 Å². The molecule has 0 fully saturated rings. The van der Waals surface area contributed by atoms with Crippen molar-refractivity contribution >= 4 is 35.0 Å². The lowest BCUT2D eigenvalue weighted by Crippen LogP contribution is -2.30. The lowest BCUT2D eigenvalue weighted by atomic mass is 10.2. The average molecular weight is 473 g/mol. The number of hydrogen-bond donors (Lipinski definition) is 2. The number of carbonyl (C=O) groups excluding carboxylic acids is 2. The molecule has 0 unspecified atom stereocenters. The van der Waals surface area contributed by atoms with Gasteiger partial charge in [-0.05, 0) is 31.1 Å². The fourth-order valence-corrected chi connectivity index (χ4v) is 2.04. The van der Waals surface area contributed by atoms with E-state index in [0.29, 0.717) is 29.3 Å². The van der Waals surface area contributed by atoms with Crippen molar-refractivity contribution in [2.45, 2.75) is 12.8 Å². The highest BCUT2D eigenvalue weighted by atomic mass is 35.5. The van der Waals surface area contributed by atoms with E-state index in [1.807, 2.05) is 6.08 Å². The van der Waals surface area contributed by atoms with Crippen LogP contribution in [-0.2, 0) is 19.1 Å². The lowest BCUT2D eigenvalue weighted by molar-refractivity contribution is -0.124. The molecule has 2 N–H and O–H groups in total. The summed E-state index contributed by atoms with van der Waals surface area (Å²) in [6.45, 7) is 10.7. The van der Waals surface area contributed by atoms with Crippen molar-refractivity contribution in [3.8, 4) is 0 Å². The molecule has 0 aliphatic rings. The summed E-state index contributed by atoms with van der Waals surface area (Å²) in [5.74, 6) is -0.974. The maximum absolute atomic E-state index is 12.6. The highest BCUT2D eigenvalue weighted by Crippen LogP contribution is 2.13. The number of nitrogens with one attached hydrogen (secondary N) is 2. The van der Waals surface area contributed by atoms with E-state index in [4.69, 9.17) is 32.7 Å². The van der Waals surface area contributed by atoms with E-state index in [2.05, 4.69) is 30.4 Å². The molecule has 0 saturated carbocycles. The van der Waals surface area contributed by atoms with Gasteiger partial charge in [0.25, 0.3) is 5.91 Å². The molecule has 0 atom stereocenters. The van der Waals surface area contributed by atoms with Gasteiger partial charge in [-0.2, -0.15) is 0 Å². The smallest absolute Gasteiger partial charge is 0.257 e. The van der Waals surface area contributed by atoms with E-state index >= 15 is 0 Å². The monoisotopic (exact) mass is 472 g/mol. The Bertz CT molecular complexity index is 786. The van der Waals surface area contributed by atoms with E-state index in [1.54, 1.807) is 12.2 Å². The normalized spacial score (nSPS) is 12.0. The summed E-state index contributed by atoms with van der Waals surface area (Å²) >= 11 is 11.2. The molecule has 0 rings (SSSR count). The minimum atomic E-state index is -0.767. The Balaban J connectivity index is 4.01. The van der Waals surface area contributed by atoms with Gasteiger partial charge in [0.1, 0.15) is 11.6 Å². The van der Waals surface area contributed by atoms with Gasteiger partial charge in [0.2, 0.25) is 5.91 Å². The third kappa shape index (κ3) is 14.8. The van der Waals surface area contributed by atoms with E-state index in [-0.39, 0.29) is 36.4 Å². The number of amides is 2. The first-order valence-corrected chi connectivity index (χ1v) is 9.91. The molecule has 6 nitrogen and oxygen atoms in total. The van der Waals surface area contributed by atoms with Crippen LogP contribution in [0.15, 0.2) is 83.6 Å². The number of allylic oxidation sites excluding steroid dienone is 7. The first-order valence-electron chi connectivity index (χ1n) is 9.16. The van der Waals surface area contributed by atoms with Crippen molar-refractivity contribution in [1.82, 2.24) is 10.6 Å². The van der Waals surface area contributed by atoms with Crippen LogP contribution in [0, 0.1) is 0 Å². The van der Waals surface area contributed by atoms with Gasteiger partial charge in [-0.1, -0.05) is 55.1 Å². The number of halogens is 3. The van der Waals surface area contributed by atoms with E-state index in [1.165, 1.54) is 25.5 Å². The molecule has 2 amide bonds. The van der Waals surface area contributed by atoms with Gasteiger partial charge in [0, 0.05) is 18.7 Å². The molecular weight excluding hydrogens is 446 g/mol. The van der Waals surface area contributed by atoms with Gasteiger partial charge in [-0.25, -0.2) is 4.39 Å². The minimum absolute atomic E-state index is 0.160. The summed E-state index contributed by atoms with van der Waals surface area (Å²) in [5, 5.41) is 5.46. The molecule has 170 valence electrons. The Kier molecular flexibility index (Phi) is 15.5. The molecule has 0 saturated heterocycles. The SMILES string of the molecule is C=C(CCNC(=O)CO/C=C/C=C(/Cl)C(=C)F)C(=O)NCC/C=C/C=C(/OC)C(=C)Cl. The van der Waals surface area contributed by atoms with Crippen LogP contribution in [0.2, 0.25) is 0 Å². The summed E-state index contributed by atoms with van der Waals surface area (Å²) < 4.78 is 22.6. The van der Waals surface area contributed by atoms with Crippen molar-refractivity contribution in [1.29, 1.82) is 0 Å². The fourth-order valence-electron chi connectivity index (χ4n) is 1.83. The van der Waals surface area contributed by atoms with Crippen LogP contribution in [0.5, 0.6) is 0 Å². The zero-order valence-electron chi connectivity index (χ0n) is 17.4. The summed E-state index contributed by atoms with van der Waals surface area (Å²) in [6, 6.07) is 0. The van der Waals surface area contributed by atoms with Crippen molar-refractivity contribution in [2.75, 3.05) is 26.8 Å². The molecule has 0 radical (unpaired) electrons. The highest BCUT2D eigenvalue weighted by molar-refractivity contribution is 6.31. The van der Waals surface area contributed by atoms with E-state index in [9.17, 15) is 14.0 Å². The zero-order valence-corrected chi connectivity index (χ0v) is 18.9. The van der Waals surface area contributed by atoms with Gasteiger partial charge in [0.15, 0.2) is 6.61 Å². The zero-order chi connectivity index (χ0) is 23.6. The highest BCUT2D eigenvalue weighted by Gasteiger charge is 2.07. The predicted molar refractivity (Wildman–Crippen MR) is 123 cm³/mol. The molecule has 0 spiro atoms. The van der Waals surface area contributed by atoms with Crippen molar-refractivity contribution in [3.05, 3.63) is 83.6 Å². The third-order valence-electron chi connectivity index (χ3n) is 3.43. The first kappa shape index (κ1) is 28.2. The van der Waals surface area contributed by atoms with Crippen LogP contribution in [0.25, 0.3) is 0 Å². The summed E-state index contributed by atoms with van der Waals surface area (Å²) in [6.07, 6.45) is 9.93. The molecule has 31 heavy (non-hydrogen) atoms. The van der Waals surface area contributed by atoms with Crippen LogP contribution >= 0.6 is 23.2 Å². The van der Waals surface area contributed by atoms with Gasteiger partial charge in [0.05, 0.1) is 23.4 Å². The standard InChI is InChI=1S/C22H27Cl2FN2O4/c1-16(22(29)27-12-7-5-6-10-20(30-4)17(2)23)11-13-26-21(28)15-31-14-8-9-19(24)18(3)25/h5-6,8-10,14H,1-3,7,11-13,15H2,4H3,(H,26,28)(H,27,29)/b6-5+,14-8+,19-9+,20-10+. The Morgan fingerprint density at radius 2 is 1.77 bits per heavy atom. The topological polar surface area (TPSA) is 76.7 Å². The Morgan fingerprint density at radius 3 is 2.39 bits per heavy atom. The summed E-state index contributed by atoms with van der Waals surface area (Å²) in [4.78, 5) is 23.6. The summed E-state index contributed by atoms with van der Waals surface area (Å²) in [7, 11) is 1.49. The Morgan fingerprint density at radius 1 is 1.06 bits per heavy atom. The van der Waals surface area contributed by atoms with Gasteiger partial charge < -0.3 is 20.1 Å². The molecular formula is C22H27Cl2FN2O4. The molecule has 0 heterocycles. The first-order chi connectivity index (χ1) is 14.7. The van der Waals surface area contributed by atoms with Crippen LogP contribution in [0.1, 0.15) is 12.8 Å².